The van der Waals surface area contributed by atoms with Gasteiger partial charge >= 0.3 is 6.03 Å². The lowest BCUT2D eigenvalue weighted by Gasteiger charge is -2.47. The molecule has 1 aromatic carbocycles. The lowest BCUT2D eigenvalue weighted by molar-refractivity contribution is -0.128. The summed E-state index contributed by atoms with van der Waals surface area (Å²) in [5.41, 5.74) is 3.72. The van der Waals surface area contributed by atoms with Crippen molar-refractivity contribution in [3.05, 3.63) is 48.3 Å². The first-order valence-electron chi connectivity index (χ1n) is 8.50. The molecule has 1 saturated heterocycles. The summed E-state index contributed by atoms with van der Waals surface area (Å²) in [6, 6.07) is 9.82. The highest BCUT2D eigenvalue weighted by atomic mass is 16.2. The van der Waals surface area contributed by atoms with Crippen LogP contribution in [-0.2, 0) is 4.79 Å². The van der Waals surface area contributed by atoms with Crippen LogP contribution in [0.4, 0.5) is 10.5 Å². The summed E-state index contributed by atoms with van der Waals surface area (Å²) in [6.07, 6.45) is 5.41. The van der Waals surface area contributed by atoms with Gasteiger partial charge in [-0.3, -0.25) is 9.78 Å². The van der Waals surface area contributed by atoms with Crippen molar-refractivity contribution >= 4 is 17.6 Å². The molecule has 2 N–H and O–H groups in total. The molecular formula is C19H20N4O2. The first-order chi connectivity index (χ1) is 12.1. The number of aryl methyl sites for hydroxylation is 1. The van der Waals surface area contributed by atoms with E-state index in [9.17, 15) is 9.59 Å². The number of urea groups is 1. The largest absolute Gasteiger partial charge is 0.350 e. The number of carbonyl (C=O) groups excluding carboxylic acids is 2. The molecule has 0 spiro atoms. The van der Waals surface area contributed by atoms with Crippen molar-refractivity contribution in [3.63, 3.8) is 0 Å². The molecule has 25 heavy (non-hydrogen) atoms. The predicted octanol–water partition coefficient (Wildman–Crippen LogP) is 2.55. The molecule has 1 aliphatic carbocycles. The van der Waals surface area contributed by atoms with Gasteiger partial charge in [0.2, 0.25) is 5.91 Å². The fourth-order valence-corrected chi connectivity index (χ4v) is 3.43. The van der Waals surface area contributed by atoms with Gasteiger partial charge in [-0.2, -0.15) is 0 Å². The Labute approximate surface area is 146 Å². The number of aromatic nitrogens is 1. The molecule has 128 valence electrons. The Morgan fingerprint density at radius 2 is 2.16 bits per heavy atom. The molecule has 2 aliphatic rings. The van der Waals surface area contributed by atoms with Crippen molar-refractivity contribution in [1.29, 1.82) is 0 Å². The summed E-state index contributed by atoms with van der Waals surface area (Å²) in [7, 11) is 0. The minimum atomic E-state index is -0.212. The van der Waals surface area contributed by atoms with E-state index >= 15 is 0 Å². The molecule has 2 atom stereocenters. The van der Waals surface area contributed by atoms with Crippen molar-refractivity contribution in [2.45, 2.75) is 31.8 Å². The number of pyridine rings is 1. The number of piperazine rings is 1. The molecule has 6 heteroatoms. The summed E-state index contributed by atoms with van der Waals surface area (Å²) in [6.45, 7) is 2.08. The van der Waals surface area contributed by atoms with Gasteiger partial charge in [0.15, 0.2) is 0 Å². The third-order valence-electron chi connectivity index (χ3n) is 5.03. The smallest absolute Gasteiger partial charge is 0.322 e. The number of hydrogen-bond acceptors (Lipinski definition) is 3. The summed E-state index contributed by atoms with van der Waals surface area (Å²) >= 11 is 0. The van der Waals surface area contributed by atoms with E-state index in [2.05, 4.69) is 15.6 Å². The summed E-state index contributed by atoms with van der Waals surface area (Å²) in [4.78, 5) is 30.3. The number of amides is 3. The number of anilines is 1. The lowest BCUT2D eigenvalue weighted by Crippen LogP contribution is -2.67. The van der Waals surface area contributed by atoms with Crippen molar-refractivity contribution in [1.82, 2.24) is 15.2 Å². The Balaban J connectivity index is 1.56. The Morgan fingerprint density at radius 1 is 1.28 bits per heavy atom. The van der Waals surface area contributed by atoms with Crippen molar-refractivity contribution in [2.24, 2.45) is 0 Å². The van der Waals surface area contributed by atoms with Crippen LogP contribution in [-0.4, -0.2) is 40.5 Å². The first kappa shape index (κ1) is 15.6. The SMILES string of the molecule is Cc1ccc(-c2cccnc2)cc1NC(=O)N1CC(=O)NC2CCC21. The summed E-state index contributed by atoms with van der Waals surface area (Å²) in [5.74, 6) is -0.0862. The van der Waals surface area contributed by atoms with Crippen LogP contribution in [0.25, 0.3) is 11.1 Å². The average Bonchev–Trinajstić information content (AvgIpc) is 2.60. The van der Waals surface area contributed by atoms with Gasteiger partial charge in [0, 0.05) is 29.7 Å². The minimum Gasteiger partial charge on any atom is -0.350 e. The Morgan fingerprint density at radius 3 is 2.88 bits per heavy atom. The highest BCUT2D eigenvalue weighted by Crippen LogP contribution is 2.30. The maximum Gasteiger partial charge on any atom is 0.322 e. The van der Waals surface area contributed by atoms with Gasteiger partial charge in [-0.25, -0.2) is 4.79 Å². The van der Waals surface area contributed by atoms with Crippen LogP contribution in [0.1, 0.15) is 18.4 Å². The van der Waals surface area contributed by atoms with Crippen LogP contribution in [0.2, 0.25) is 0 Å². The van der Waals surface area contributed by atoms with Gasteiger partial charge in [-0.15, -0.1) is 0 Å². The van der Waals surface area contributed by atoms with Crippen LogP contribution in [0, 0.1) is 6.92 Å². The van der Waals surface area contributed by atoms with Gasteiger partial charge in [0.05, 0.1) is 6.04 Å². The predicted molar refractivity (Wildman–Crippen MR) is 95.1 cm³/mol. The highest BCUT2D eigenvalue weighted by molar-refractivity contribution is 5.95. The van der Waals surface area contributed by atoms with Crippen LogP contribution in [0.3, 0.4) is 0 Å². The second-order valence-electron chi connectivity index (χ2n) is 6.65. The van der Waals surface area contributed by atoms with E-state index in [0.717, 1.165) is 35.2 Å². The number of carbonyl (C=O) groups is 2. The van der Waals surface area contributed by atoms with Gasteiger partial charge in [0.1, 0.15) is 6.54 Å². The van der Waals surface area contributed by atoms with E-state index in [1.54, 1.807) is 17.3 Å². The third-order valence-corrected chi connectivity index (χ3v) is 5.03. The van der Waals surface area contributed by atoms with Crippen molar-refractivity contribution in [2.75, 3.05) is 11.9 Å². The topological polar surface area (TPSA) is 74.3 Å². The number of benzene rings is 1. The van der Waals surface area contributed by atoms with E-state index < -0.39 is 0 Å². The number of rotatable bonds is 2. The Kier molecular flexibility index (Phi) is 3.87. The van der Waals surface area contributed by atoms with Gasteiger partial charge in [0.25, 0.3) is 0 Å². The maximum atomic E-state index is 12.7. The molecule has 1 aliphatic heterocycles. The van der Waals surface area contributed by atoms with Crippen molar-refractivity contribution in [3.8, 4) is 11.1 Å². The number of hydrogen-bond donors (Lipinski definition) is 2. The zero-order valence-corrected chi connectivity index (χ0v) is 14.0. The van der Waals surface area contributed by atoms with Crippen LogP contribution in [0.15, 0.2) is 42.7 Å². The Hall–Kier alpha value is -2.89. The summed E-state index contributed by atoms with van der Waals surface area (Å²) < 4.78 is 0. The molecule has 2 unspecified atom stereocenters. The standard InChI is InChI=1S/C19H20N4O2/c1-12-4-5-13(14-3-2-8-20-10-14)9-16(12)22-19(25)23-11-18(24)21-15-6-7-17(15)23/h2-5,8-10,15,17H,6-7,11H2,1H3,(H,21,24)(H,22,25). The molecule has 0 bridgehead atoms. The molecule has 2 fully saturated rings. The van der Waals surface area contributed by atoms with Crippen LogP contribution in [0.5, 0.6) is 0 Å². The second-order valence-corrected chi connectivity index (χ2v) is 6.65. The Bertz CT molecular complexity index is 821. The molecule has 1 saturated carbocycles. The van der Waals surface area contributed by atoms with E-state index in [1.165, 1.54) is 0 Å². The van der Waals surface area contributed by atoms with E-state index in [0.29, 0.717) is 0 Å². The highest BCUT2D eigenvalue weighted by Gasteiger charge is 2.43. The number of fused-ring (bicyclic) bond motifs is 1. The van der Waals surface area contributed by atoms with Gasteiger partial charge in [-0.1, -0.05) is 18.2 Å². The molecule has 6 nitrogen and oxygen atoms in total. The molecule has 1 aromatic heterocycles. The van der Waals surface area contributed by atoms with Gasteiger partial charge < -0.3 is 15.5 Å². The van der Waals surface area contributed by atoms with Crippen LogP contribution >= 0.6 is 0 Å². The van der Waals surface area contributed by atoms with Gasteiger partial charge in [-0.05, 0) is 43.0 Å². The maximum absolute atomic E-state index is 12.7. The second kappa shape index (κ2) is 6.20. The molecular weight excluding hydrogens is 316 g/mol. The molecule has 4 rings (SSSR count). The fraction of sp³-hybridized carbons (Fsp3) is 0.316. The summed E-state index contributed by atoms with van der Waals surface area (Å²) in [5, 5.41) is 5.92. The van der Waals surface area contributed by atoms with E-state index in [1.807, 2.05) is 37.3 Å². The minimum absolute atomic E-state index is 0.0862. The monoisotopic (exact) mass is 336 g/mol. The molecule has 3 amide bonds. The third kappa shape index (κ3) is 2.95. The lowest BCUT2D eigenvalue weighted by atomic mass is 9.83. The van der Waals surface area contributed by atoms with Crippen LogP contribution < -0.4 is 10.6 Å². The number of nitrogens with one attached hydrogen (secondary N) is 2. The zero-order valence-electron chi connectivity index (χ0n) is 14.0. The first-order valence-corrected chi connectivity index (χ1v) is 8.50. The normalized spacial score (nSPS) is 21.8. The van der Waals surface area contributed by atoms with Crippen molar-refractivity contribution < 1.29 is 9.59 Å². The average molecular weight is 336 g/mol. The van der Waals surface area contributed by atoms with E-state index in [4.69, 9.17) is 0 Å². The quantitative estimate of drug-likeness (QED) is 0.885. The zero-order chi connectivity index (χ0) is 17.4. The fourth-order valence-electron chi connectivity index (χ4n) is 3.43. The molecule has 2 heterocycles. The molecule has 0 radical (unpaired) electrons. The molecule has 2 aromatic rings. The van der Waals surface area contributed by atoms with E-state index in [-0.39, 0.29) is 30.6 Å². The number of nitrogens with zero attached hydrogens (tertiary/aromatic N) is 2.